The maximum Gasteiger partial charge on any atom is 0.262 e. The maximum atomic E-state index is 11.9. The molecular weight excluding hydrogens is 294 g/mol. The number of hydrogen-bond donors (Lipinski definition) is 2. The van der Waals surface area contributed by atoms with Crippen LogP contribution in [0.4, 0.5) is 5.69 Å². The van der Waals surface area contributed by atoms with Crippen molar-refractivity contribution >= 4 is 11.6 Å². The molecule has 0 atom stereocenters. The summed E-state index contributed by atoms with van der Waals surface area (Å²) < 4.78 is 7.15. The normalized spacial score (nSPS) is 10.3. The number of aromatic nitrogens is 2. The standard InChI is InChI=1S/C17H15N3O3/c21-15-3-1-2-4-16(15)23-11-17(22)19-13-5-7-14(8-6-13)20-10-9-18-12-20/h1-10,12,21H,11H2,(H,19,22). The number of amides is 1. The Morgan fingerprint density at radius 1 is 1.17 bits per heavy atom. The molecule has 0 spiro atoms. The molecule has 0 radical (unpaired) electrons. The van der Waals surface area contributed by atoms with Crippen molar-refractivity contribution in [1.82, 2.24) is 9.55 Å². The van der Waals surface area contributed by atoms with Crippen LogP contribution in [0.3, 0.4) is 0 Å². The molecule has 0 bridgehead atoms. The molecule has 116 valence electrons. The Bertz CT molecular complexity index is 783. The summed E-state index contributed by atoms with van der Waals surface area (Å²) in [6.45, 7) is -0.180. The average Bonchev–Trinajstić information content (AvgIpc) is 3.09. The Morgan fingerprint density at radius 2 is 1.96 bits per heavy atom. The number of rotatable bonds is 5. The summed E-state index contributed by atoms with van der Waals surface area (Å²) >= 11 is 0. The molecule has 0 saturated carbocycles. The van der Waals surface area contributed by atoms with Crippen LogP contribution < -0.4 is 10.1 Å². The molecule has 0 fully saturated rings. The van der Waals surface area contributed by atoms with Crippen molar-refractivity contribution in [2.45, 2.75) is 0 Å². The highest BCUT2D eigenvalue weighted by Gasteiger charge is 2.06. The molecule has 0 saturated heterocycles. The van der Waals surface area contributed by atoms with E-state index in [-0.39, 0.29) is 24.0 Å². The number of imidazole rings is 1. The van der Waals surface area contributed by atoms with E-state index >= 15 is 0 Å². The molecule has 1 heterocycles. The summed E-state index contributed by atoms with van der Waals surface area (Å²) in [6, 6.07) is 13.9. The Balaban J connectivity index is 1.57. The van der Waals surface area contributed by atoms with Crippen LogP contribution in [-0.4, -0.2) is 27.2 Å². The number of nitrogens with one attached hydrogen (secondary N) is 1. The molecule has 0 aliphatic carbocycles. The molecule has 6 heteroatoms. The van der Waals surface area contributed by atoms with E-state index in [0.29, 0.717) is 5.69 Å². The van der Waals surface area contributed by atoms with Gasteiger partial charge in [-0.15, -0.1) is 0 Å². The molecule has 6 nitrogen and oxygen atoms in total. The predicted molar refractivity (Wildman–Crippen MR) is 85.8 cm³/mol. The zero-order valence-electron chi connectivity index (χ0n) is 12.2. The molecule has 0 unspecified atom stereocenters. The molecule has 1 aromatic heterocycles. The van der Waals surface area contributed by atoms with Gasteiger partial charge in [-0.2, -0.15) is 0 Å². The molecular formula is C17H15N3O3. The highest BCUT2D eigenvalue weighted by molar-refractivity contribution is 5.92. The third-order valence-corrected chi connectivity index (χ3v) is 3.18. The maximum absolute atomic E-state index is 11.9. The van der Waals surface area contributed by atoms with Crippen molar-refractivity contribution in [3.63, 3.8) is 0 Å². The summed E-state index contributed by atoms with van der Waals surface area (Å²) in [5.74, 6) is -0.0216. The van der Waals surface area contributed by atoms with E-state index in [1.54, 1.807) is 42.9 Å². The third-order valence-electron chi connectivity index (χ3n) is 3.18. The molecule has 3 aromatic rings. The van der Waals surface area contributed by atoms with E-state index < -0.39 is 0 Å². The number of hydrogen-bond acceptors (Lipinski definition) is 4. The first kappa shape index (κ1) is 14.6. The topological polar surface area (TPSA) is 76.4 Å². The summed E-state index contributed by atoms with van der Waals surface area (Å²) in [5.41, 5.74) is 1.62. The fraction of sp³-hybridized carbons (Fsp3) is 0.0588. The lowest BCUT2D eigenvalue weighted by Crippen LogP contribution is -2.20. The Morgan fingerprint density at radius 3 is 2.65 bits per heavy atom. The van der Waals surface area contributed by atoms with E-state index in [1.165, 1.54) is 6.07 Å². The van der Waals surface area contributed by atoms with Crippen molar-refractivity contribution in [3.8, 4) is 17.2 Å². The van der Waals surface area contributed by atoms with Crippen molar-refractivity contribution in [1.29, 1.82) is 0 Å². The minimum Gasteiger partial charge on any atom is -0.504 e. The molecule has 2 N–H and O–H groups in total. The van der Waals surface area contributed by atoms with Crippen LogP contribution in [0.2, 0.25) is 0 Å². The zero-order valence-corrected chi connectivity index (χ0v) is 12.2. The number of carbonyl (C=O) groups excluding carboxylic acids is 1. The monoisotopic (exact) mass is 309 g/mol. The fourth-order valence-corrected chi connectivity index (χ4v) is 2.05. The zero-order chi connectivity index (χ0) is 16.1. The number of phenols is 1. The van der Waals surface area contributed by atoms with Gasteiger partial charge in [-0.1, -0.05) is 12.1 Å². The second-order valence-corrected chi connectivity index (χ2v) is 4.82. The van der Waals surface area contributed by atoms with Gasteiger partial charge in [0.15, 0.2) is 18.1 Å². The number of aromatic hydroxyl groups is 1. The highest BCUT2D eigenvalue weighted by Crippen LogP contribution is 2.24. The summed E-state index contributed by atoms with van der Waals surface area (Å²) in [7, 11) is 0. The van der Waals surface area contributed by atoms with Crippen LogP contribution in [-0.2, 0) is 4.79 Å². The van der Waals surface area contributed by atoms with Gasteiger partial charge >= 0.3 is 0 Å². The van der Waals surface area contributed by atoms with Crippen LogP contribution in [0.1, 0.15) is 0 Å². The fourth-order valence-electron chi connectivity index (χ4n) is 2.05. The smallest absolute Gasteiger partial charge is 0.262 e. The lowest BCUT2D eigenvalue weighted by atomic mass is 10.2. The van der Waals surface area contributed by atoms with Crippen LogP contribution in [0.5, 0.6) is 11.5 Å². The van der Waals surface area contributed by atoms with Gasteiger partial charge in [-0.05, 0) is 36.4 Å². The van der Waals surface area contributed by atoms with Gasteiger partial charge in [0.1, 0.15) is 0 Å². The number of anilines is 1. The summed E-state index contributed by atoms with van der Waals surface area (Å²) in [4.78, 5) is 15.9. The lowest BCUT2D eigenvalue weighted by Gasteiger charge is -2.09. The van der Waals surface area contributed by atoms with E-state index in [2.05, 4.69) is 10.3 Å². The molecule has 3 rings (SSSR count). The van der Waals surface area contributed by atoms with Crippen LogP contribution >= 0.6 is 0 Å². The number of para-hydroxylation sites is 2. The number of phenolic OH excluding ortho intramolecular Hbond substituents is 1. The molecule has 1 amide bonds. The van der Waals surface area contributed by atoms with Crippen LogP contribution in [0.25, 0.3) is 5.69 Å². The summed E-state index contributed by atoms with van der Waals surface area (Å²) in [6.07, 6.45) is 5.24. The second kappa shape index (κ2) is 6.65. The third kappa shape index (κ3) is 3.68. The van der Waals surface area contributed by atoms with E-state index in [0.717, 1.165) is 5.69 Å². The SMILES string of the molecule is O=C(COc1ccccc1O)Nc1ccc(-n2ccnc2)cc1. The van der Waals surface area contributed by atoms with Crippen LogP contribution in [0.15, 0.2) is 67.3 Å². The molecule has 0 aliphatic heterocycles. The van der Waals surface area contributed by atoms with Gasteiger partial charge in [0.25, 0.3) is 5.91 Å². The van der Waals surface area contributed by atoms with Crippen molar-refractivity contribution < 1.29 is 14.6 Å². The predicted octanol–water partition coefficient (Wildman–Crippen LogP) is 2.60. The molecule has 23 heavy (non-hydrogen) atoms. The van der Waals surface area contributed by atoms with Gasteiger partial charge in [0.05, 0.1) is 6.33 Å². The first-order valence-electron chi connectivity index (χ1n) is 7.01. The number of carbonyl (C=O) groups is 1. The second-order valence-electron chi connectivity index (χ2n) is 4.82. The van der Waals surface area contributed by atoms with Crippen LogP contribution in [0, 0.1) is 0 Å². The van der Waals surface area contributed by atoms with Gasteiger partial charge in [0, 0.05) is 23.8 Å². The van der Waals surface area contributed by atoms with Crippen molar-refractivity contribution in [3.05, 3.63) is 67.3 Å². The van der Waals surface area contributed by atoms with E-state index in [4.69, 9.17) is 4.74 Å². The number of ether oxygens (including phenoxy) is 1. The minimum atomic E-state index is -0.302. The minimum absolute atomic E-state index is 0.00462. The Labute approximate surface area is 133 Å². The largest absolute Gasteiger partial charge is 0.504 e. The average molecular weight is 309 g/mol. The van der Waals surface area contributed by atoms with Gasteiger partial charge < -0.3 is 19.7 Å². The number of nitrogens with zero attached hydrogens (tertiary/aromatic N) is 2. The Kier molecular flexibility index (Phi) is 4.24. The van der Waals surface area contributed by atoms with E-state index in [1.807, 2.05) is 22.9 Å². The van der Waals surface area contributed by atoms with Crippen molar-refractivity contribution in [2.75, 3.05) is 11.9 Å². The molecule has 2 aromatic carbocycles. The van der Waals surface area contributed by atoms with Gasteiger partial charge in [-0.25, -0.2) is 4.98 Å². The lowest BCUT2D eigenvalue weighted by molar-refractivity contribution is -0.118. The Hall–Kier alpha value is -3.28. The van der Waals surface area contributed by atoms with Gasteiger partial charge in [-0.3, -0.25) is 4.79 Å². The van der Waals surface area contributed by atoms with Gasteiger partial charge in [0.2, 0.25) is 0 Å². The van der Waals surface area contributed by atoms with Crippen molar-refractivity contribution in [2.24, 2.45) is 0 Å². The first-order valence-corrected chi connectivity index (χ1v) is 7.01. The molecule has 0 aliphatic rings. The van der Waals surface area contributed by atoms with E-state index in [9.17, 15) is 9.90 Å². The summed E-state index contributed by atoms with van der Waals surface area (Å²) in [5, 5.41) is 12.3. The number of benzene rings is 2. The quantitative estimate of drug-likeness (QED) is 0.759. The highest BCUT2D eigenvalue weighted by atomic mass is 16.5. The first-order chi connectivity index (χ1) is 11.2.